The van der Waals surface area contributed by atoms with Crippen molar-refractivity contribution in [2.45, 2.75) is 6.18 Å². The van der Waals surface area contributed by atoms with Gasteiger partial charge in [0.05, 0.1) is 0 Å². The average molecular weight is 286 g/mol. The van der Waals surface area contributed by atoms with Crippen LogP contribution >= 0.6 is 0 Å². The molecule has 0 spiro atoms. The highest BCUT2D eigenvalue weighted by atomic mass is 19.4. The van der Waals surface area contributed by atoms with Crippen LogP contribution in [-0.2, 0) is 6.18 Å². The molecule has 0 fully saturated rings. The van der Waals surface area contributed by atoms with Gasteiger partial charge in [0.25, 0.3) is 0 Å². The Morgan fingerprint density at radius 1 is 1.30 bits per heavy atom. The van der Waals surface area contributed by atoms with Gasteiger partial charge in [-0.25, -0.2) is 4.79 Å². The molecule has 0 aliphatic carbocycles. The van der Waals surface area contributed by atoms with Gasteiger partial charge in [0, 0.05) is 18.3 Å². The molecule has 106 valence electrons. The molecular weight excluding hydrogens is 277 g/mol. The number of rotatable bonds is 2. The smallest absolute Gasteiger partial charge is 0.351 e. The Hall–Kier alpha value is -2.58. The van der Waals surface area contributed by atoms with E-state index in [1.165, 1.54) is 36.2 Å². The standard InChI is InChI=1S/C11H9F3N4O2/c1-18(10(15)19)7-4-2-6(3-5-7)8-16-9(20-17-8)11(12,13)14/h2-5H,1H3,(H2,15,19). The van der Waals surface area contributed by atoms with Crippen LogP contribution < -0.4 is 10.6 Å². The Morgan fingerprint density at radius 3 is 2.35 bits per heavy atom. The van der Waals surface area contributed by atoms with Crippen LogP contribution in [0.5, 0.6) is 0 Å². The fourth-order valence-corrected chi connectivity index (χ4v) is 1.42. The second-order valence-electron chi connectivity index (χ2n) is 3.87. The van der Waals surface area contributed by atoms with Gasteiger partial charge >= 0.3 is 18.1 Å². The second kappa shape index (κ2) is 4.83. The van der Waals surface area contributed by atoms with Crippen molar-refractivity contribution >= 4 is 11.7 Å². The summed E-state index contributed by atoms with van der Waals surface area (Å²) in [6.07, 6.45) is -4.68. The first kappa shape index (κ1) is 13.8. The first-order valence-corrected chi connectivity index (χ1v) is 5.33. The van der Waals surface area contributed by atoms with Crippen LogP contribution in [0.25, 0.3) is 11.4 Å². The van der Waals surface area contributed by atoms with Gasteiger partial charge in [0.1, 0.15) is 0 Å². The number of carbonyl (C=O) groups excluding carboxylic acids is 1. The van der Waals surface area contributed by atoms with E-state index < -0.39 is 18.1 Å². The zero-order valence-electron chi connectivity index (χ0n) is 10.2. The maximum atomic E-state index is 12.3. The third-order valence-corrected chi connectivity index (χ3v) is 2.51. The summed E-state index contributed by atoms with van der Waals surface area (Å²) in [4.78, 5) is 15.4. The Balaban J connectivity index is 2.26. The van der Waals surface area contributed by atoms with Crippen molar-refractivity contribution in [2.75, 3.05) is 11.9 Å². The van der Waals surface area contributed by atoms with E-state index in [-0.39, 0.29) is 5.82 Å². The molecule has 0 saturated carbocycles. The van der Waals surface area contributed by atoms with Crippen LogP contribution in [0.15, 0.2) is 28.8 Å². The summed E-state index contributed by atoms with van der Waals surface area (Å²) in [5, 5.41) is 3.25. The summed E-state index contributed by atoms with van der Waals surface area (Å²) in [5.74, 6) is -1.60. The summed E-state index contributed by atoms with van der Waals surface area (Å²) < 4.78 is 41.1. The zero-order valence-corrected chi connectivity index (χ0v) is 10.2. The first-order valence-electron chi connectivity index (χ1n) is 5.33. The lowest BCUT2D eigenvalue weighted by molar-refractivity contribution is -0.159. The number of benzene rings is 1. The van der Waals surface area contributed by atoms with Crippen molar-refractivity contribution in [1.29, 1.82) is 0 Å². The van der Waals surface area contributed by atoms with E-state index in [9.17, 15) is 18.0 Å². The molecule has 1 heterocycles. The molecule has 0 radical (unpaired) electrons. The highest BCUT2D eigenvalue weighted by Gasteiger charge is 2.38. The normalized spacial score (nSPS) is 11.4. The average Bonchev–Trinajstić information content (AvgIpc) is 2.87. The van der Waals surface area contributed by atoms with Crippen LogP contribution in [0.4, 0.5) is 23.7 Å². The van der Waals surface area contributed by atoms with E-state index in [0.717, 1.165) is 0 Å². The van der Waals surface area contributed by atoms with Crippen LogP contribution in [0.1, 0.15) is 5.89 Å². The molecule has 6 nitrogen and oxygen atoms in total. The number of primary amides is 1. The number of halogens is 3. The number of amides is 2. The van der Waals surface area contributed by atoms with E-state index in [4.69, 9.17) is 5.73 Å². The summed E-state index contributed by atoms with van der Waals surface area (Å²) in [6, 6.07) is 5.27. The number of carbonyl (C=O) groups is 1. The number of aromatic nitrogens is 2. The highest BCUT2D eigenvalue weighted by molar-refractivity contribution is 5.90. The molecule has 0 saturated heterocycles. The third kappa shape index (κ3) is 2.71. The molecule has 0 unspecified atom stereocenters. The maximum absolute atomic E-state index is 12.3. The molecule has 2 N–H and O–H groups in total. The quantitative estimate of drug-likeness (QED) is 0.917. The molecule has 0 bridgehead atoms. The van der Waals surface area contributed by atoms with Gasteiger partial charge in [0.2, 0.25) is 5.82 Å². The van der Waals surface area contributed by atoms with Gasteiger partial charge < -0.3 is 10.3 Å². The van der Waals surface area contributed by atoms with Crippen molar-refractivity contribution in [3.8, 4) is 11.4 Å². The fraction of sp³-hybridized carbons (Fsp3) is 0.182. The van der Waals surface area contributed by atoms with Crippen molar-refractivity contribution in [3.63, 3.8) is 0 Å². The lowest BCUT2D eigenvalue weighted by Gasteiger charge is -2.13. The summed E-state index contributed by atoms with van der Waals surface area (Å²) in [6.45, 7) is 0. The van der Waals surface area contributed by atoms with Gasteiger partial charge in [-0.1, -0.05) is 5.16 Å². The van der Waals surface area contributed by atoms with Crippen LogP contribution in [-0.4, -0.2) is 23.2 Å². The minimum atomic E-state index is -4.68. The van der Waals surface area contributed by atoms with Crippen molar-refractivity contribution < 1.29 is 22.5 Å². The van der Waals surface area contributed by atoms with Crippen molar-refractivity contribution in [3.05, 3.63) is 30.2 Å². The highest BCUT2D eigenvalue weighted by Crippen LogP contribution is 2.29. The Kier molecular flexibility index (Phi) is 3.35. The lowest BCUT2D eigenvalue weighted by atomic mass is 10.2. The predicted molar refractivity (Wildman–Crippen MR) is 62.7 cm³/mol. The predicted octanol–water partition coefficient (Wildman–Crippen LogP) is 2.27. The SMILES string of the molecule is CN(C(N)=O)c1ccc(-c2noc(C(F)(F)F)n2)cc1. The number of anilines is 1. The van der Waals surface area contributed by atoms with E-state index in [1.807, 2.05) is 0 Å². The lowest BCUT2D eigenvalue weighted by Crippen LogP contribution is -2.31. The molecule has 1 aromatic carbocycles. The molecule has 0 aliphatic rings. The van der Waals surface area contributed by atoms with Crippen LogP contribution in [0.3, 0.4) is 0 Å². The minimum Gasteiger partial charge on any atom is -0.351 e. The summed E-state index contributed by atoms with van der Waals surface area (Å²) in [5.41, 5.74) is 5.90. The number of hydrogen-bond donors (Lipinski definition) is 1. The molecule has 0 atom stereocenters. The van der Waals surface area contributed by atoms with Crippen LogP contribution in [0, 0.1) is 0 Å². The van der Waals surface area contributed by atoms with E-state index >= 15 is 0 Å². The Labute approximate surface area is 111 Å². The fourth-order valence-electron chi connectivity index (χ4n) is 1.42. The maximum Gasteiger partial charge on any atom is 0.471 e. The Bertz CT molecular complexity index is 621. The molecule has 9 heteroatoms. The second-order valence-corrected chi connectivity index (χ2v) is 3.87. The molecule has 20 heavy (non-hydrogen) atoms. The van der Waals surface area contributed by atoms with Gasteiger partial charge in [-0.05, 0) is 24.3 Å². The van der Waals surface area contributed by atoms with Gasteiger partial charge in [-0.3, -0.25) is 4.90 Å². The molecule has 2 rings (SSSR count). The first-order chi connectivity index (χ1) is 9.29. The van der Waals surface area contributed by atoms with Gasteiger partial charge in [-0.2, -0.15) is 18.2 Å². The zero-order chi connectivity index (χ0) is 14.9. The molecular formula is C11H9F3N4O2. The monoisotopic (exact) mass is 286 g/mol. The Morgan fingerprint density at radius 2 is 1.90 bits per heavy atom. The molecule has 0 aliphatic heterocycles. The number of urea groups is 1. The number of hydrogen-bond acceptors (Lipinski definition) is 4. The summed E-state index contributed by atoms with van der Waals surface area (Å²) >= 11 is 0. The number of nitrogens with two attached hydrogens (primary N) is 1. The topological polar surface area (TPSA) is 85.2 Å². The molecule has 2 aromatic rings. The largest absolute Gasteiger partial charge is 0.471 e. The van der Waals surface area contributed by atoms with Gasteiger partial charge in [0.15, 0.2) is 0 Å². The number of nitrogens with zero attached hydrogens (tertiary/aromatic N) is 3. The van der Waals surface area contributed by atoms with Crippen molar-refractivity contribution in [1.82, 2.24) is 10.1 Å². The third-order valence-electron chi connectivity index (χ3n) is 2.51. The van der Waals surface area contributed by atoms with Gasteiger partial charge in [-0.15, -0.1) is 0 Å². The van der Waals surface area contributed by atoms with Crippen molar-refractivity contribution in [2.24, 2.45) is 5.73 Å². The molecule has 1 aromatic heterocycles. The van der Waals surface area contributed by atoms with E-state index in [0.29, 0.717) is 11.3 Å². The van der Waals surface area contributed by atoms with Crippen LogP contribution in [0.2, 0.25) is 0 Å². The molecule has 2 amide bonds. The van der Waals surface area contributed by atoms with E-state index in [2.05, 4.69) is 14.7 Å². The number of alkyl halides is 3. The summed E-state index contributed by atoms with van der Waals surface area (Å²) in [7, 11) is 1.47. The minimum absolute atomic E-state index is 0.189. The van der Waals surface area contributed by atoms with E-state index in [1.54, 1.807) is 0 Å².